The van der Waals surface area contributed by atoms with E-state index in [4.69, 9.17) is 14.7 Å². The molecule has 4 heterocycles. The van der Waals surface area contributed by atoms with Crippen molar-refractivity contribution in [2.24, 2.45) is 0 Å². The molecule has 42 heavy (non-hydrogen) atoms. The minimum absolute atomic E-state index is 0.0445. The summed E-state index contributed by atoms with van der Waals surface area (Å²) < 4.78 is 8.75. The third-order valence-corrected chi connectivity index (χ3v) is 8.09. The van der Waals surface area contributed by atoms with Crippen LogP contribution in [0.15, 0.2) is 116 Å². The number of fused-ring (bicyclic) bond motifs is 8. The largest absolute Gasteiger partial charge is 0.457 e. The van der Waals surface area contributed by atoms with E-state index in [1.54, 1.807) is 0 Å². The number of ether oxygens (including phenoxy) is 1. The molecule has 0 aliphatic heterocycles. The van der Waals surface area contributed by atoms with Gasteiger partial charge in [0.1, 0.15) is 17.3 Å². The van der Waals surface area contributed by atoms with Crippen molar-refractivity contribution in [3.63, 3.8) is 0 Å². The number of benzene rings is 4. The van der Waals surface area contributed by atoms with Gasteiger partial charge in [0.25, 0.3) is 0 Å². The Balaban J connectivity index is 1.30. The second-order valence-electron chi connectivity index (χ2n) is 11.8. The predicted octanol–water partition coefficient (Wildman–Crippen LogP) is 9.52. The zero-order valence-electron chi connectivity index (χ0n) is 23.7. The van der Waals surface area contributed by atoms with Crippen LogP contribution in [0, 0.1) is 0 Å². The van der Waals surface area contributed by atoms with Crippen LogP contribution in [0.1, 0.15) is 26.3 Å². The van der Waals surface area contributed by atoms with Crippen LogP contribution >= 0.6 is 0 Å². The maximum atomic E-state index is 6.55. The van der Waals surface area contributed by atoms with E-state index in [0.29, 0.717) is 0 Å². The van der Waals surface area contributed by atoms with Crippen molar-refractivity contribution in [1.29, 1.82) is 0 Å². The molecule has 0 spiro atoms. The molecule has 4 aromatic heterocycles. The van der Waals surface area contributed by atoms with Gasteiger partial charge in [-0.25, -0.2) is 4.98 Å². The zero-order chi connectivity index (χ0) is 28.4. The van der Waals surface area contributed by atoms with Crippen LogP contribution in [0.3, 0.4) is 0 Å². The van der Waals surface area contributed by atoms with E-state index in [2.05, 4.69) is 97.1 Å². The number of aromatic nitrogens is 4. The van der Waals surface area contributed by atoms with Crippen molar-refractivity contribution in [3.05, 3.63) is 121 Å². The molecule has 5 nitrogen and oxygen atoms in total. The van der Waals surface area contributed by atoms with Gasteiger partial charge < -0.3 is 4.74 Å². The fraction of sp³-hybridized carbons (Fsp3) is 0.108. The first-order valence-corrected chi connectivity index (χ1v) is 14.2. The molecule has 0 unspecified atom stereocenters. The Bertz CT molecular complexity index is 2310. The Kier molecular flexibility index (Phi) is 5.32. The molecule has 0 fully saturated rings. The molecule has 0 bridgehead atoms. The summed E-state index contributed by atoms with van der Waals surface area (Å²) in [4.78, 5) is 14.3. The van der Waals surface area contributed by atoms with E-state index in [9.17, 15) is 0 Å². The highest BCUT2D eigenvalue weighted by Crippen LogP contribution is 2.38. The normalized spacial score (nSPS) is 12.2. The Hall–Kier alpha value is -5.29. The summed E-state index contributed by atoms with van der Waals surface area (Å²) in [6, 6.07) is 33.3. The quantitative estimate of drug-likeness (QED) is 0.208. The molecule has 0 N–H and O–H groups in total. The molecule has 0 aliphatic rings. The van der Waals surface area contributed by atoms with Gasteiger partial charge in [-0.1, -0.05) is 63.2 Å². The molecule has 0 saturated heterocycles. The van der Waals surface area contributed by atoms with Crippen LogP contribution < -0.4 is 4.74 Å². The highest BCUT2D eigenvalue weighted by atomic mass is 16.5. The first-order chi connectivity index (χ1) is 20.5. The maximum Gasteiger partial charge on any atom is 0.137 e. The Morgan fingerprint density at radius 1 is 0.595 bits per heavy atom. The van der Waals surface area contributed by atoms with Gasteiger partial charge in [-0.15, -0.1) is 0 Å². The molecule has 0 radical (unpaired) electrons. The molecular weight excluding hydrogens is 516 g/mol. The number of para-hydroxylation sites is 1. The summed E-state index contributed by atoms with van der Waals surface area (Å²) in [6.07, 6.45) is 5.69. The zero-order valence-corrected chi connectivity index (χ0v) is 23.7. The predicted molar refractivity (Wildman–Crippen MR) is 172 cm³/mol. The standard InChI is InChI=1S/C37H28N4O/c1-37(2,3)30-17-19-39-36-34-24(22-40-35(30)36)12-11-23-13-14-25(20-29(23)34)42-26-15-16-28-27-8-4-5-9-31(27)41(32(28)21-26)33-10-6-7-18-38-33/h4-22H,1-3H3. The Morgan fingerprint density at radius 3 is 2.21 bits per heavy atom. The fourth-order valence-corrected chi connectivity index (χ4v) is 6.14. The van der Waals surface area contributed by atoms with E-state index in [1.807, 2.05) is 48.9 Å². The fourth-order valence-electron chi connectivity index (χ4n) is 6.14. The summed E-state index contributed by atoms with van der Waals surface area (Å²) in [5.41, 5.74) is 5.18. The molecule has 202 valence electrons. The monoisotopic (exact) mass is 544 g/mol. The lowest BCUT2D eigenvalue weighted by Crippen LogP contribution is -2.12. The summed E-state index contributed by atoms with van der Waals surface area (Å²) in [5.74, 6) is 2.41. The van der Waals surface area contributed by atoms with E-state index in [1.165, 1.54) is 10.9 Å². The second kappa shape index (κ2) is 9.11. The van der Waals surface area contributed by atoms with Gasteiger partial charge >= 0.3 is 0 Å². The molecule has 8 rings (SSSR count). The molecule has 0 aliphatic carbocycles. The smallest absolute Gasteiger partial charge is 0.137 e. The van der Waals surface area contributed by atoms with Gasteiger partial charge in [0.05, 0.1) is 22.1 Å². The Labute approximate surface area is 243 Å². The molecule has 0 atom stereocenters. The lowest BCUT2D eigenvalue weighted by molar-refractivity contribution is 0.484. The van der Waals surface area contributed by atoms with Crippen LogP contribution in [0.25, 0.3) is 60.2 Å². The minimum Gasteiger partial charge on any atom is -0.457 e. The van der Waals surface area contributed by atoms with Crippen LogP contribution in [0.4, 0.5) is 0 Å². The molecule has 8 aromatic rings. The van der Waals surface area contributed by atoms with Gasteiger partial charge in [0.15, 0.2) is 0 Å². The van der Waals surface area contributed by atoms with Gasteiger partial charge in [-0.2, -0.15) is 0 Å². The minimum atomic E-state index is -0.0445. The van der Waals surface area contributed by atoms with Crippen molar-refractivity contribution in [2.75, 3.05) is 0 Å². The van der Waals surface area contributed by atoms with Crippen molar-refractivity contribution < 1.29 is 4.74 Å². The van der Waals surface area contributed by atoms with Crippen molar-refractivity contribution in [2.45, 2.75) is 26.2 Å². The third kappa shape index (κ3) is 3.81. The van der Waals surface area contributed by atoms with Gasteiger partial charge in [-0.3, -0.25) is 14.5 Å². The maximum absolute atomic E-state index is 6.55. The van der Waals surface area contributed by atoms with Gasteiger partial charge in [0.2, 0.25) is 0 Å². The highest BCUT2D eigenvalue weighted by molar-refractivity contribution is 6.18. The average molecular weight is 545 g/mol. The number of rotatable bonds is 3. The number of nitrogens with zero attached hydrogens (tertiary/aromatic N) is 4. The van der Waals surface area contributed by atoms with Crippen molar-refractivity contribution in [1.82, 2.24) is 19.5 Å². The second-order valence-corrected chi connectivity index (χ2v) is 11.8. The lowest BCUT2D eigenvalue weighted by atomic mass is 9.86. The van der Waals surface area contributed by atoms with Gasteiger partial charge in [-0.05, 0) is 70.3 Å². The molecule has 5 heteroatoms. The van der Waals surface area contributed by atoms with Crippen LogP contribution in [-0.2, 0) is 5.41 Å². The Morgan fingerprint density at radius 2 is 1.36 bits per heavy atom. The summed E-state index contributed by atoms with van der Waals surface area (Å²) in [5, 5.41) is 6.74. The average Bonchev–Trinajstić information content (AvgIpc) is 3.34. The van der Waals surface area contributed by atoms with Crippen molar-refractivity contribution >= 4 is 54.4 Å². The summed E-state index contributed by atoms with van der Waals surface area (Å²) in [7, 11) is 0. The first kappa shape index (κ1) is 24.5. The van der Waals surface area contributed by atoms with Crippen LogP contribution in [-0.4, -0.2) is 19.5 Å². The molecular formula is C37H28N4O. The first-order valence-electron chi connectivity index (χ1n) is 14.2. The van der Waals surface area contributed by atoms with Gasteiger partial charge in [0, 0.05) is 46.2 Å². The summed E-state index contributed by atoms with van der Waals surface area (Å²) >= 11 is 0. The lowest BCUT2D eigenvalue weighted by Gasteiger charge is -2.20. The van der Waals surface area contributed by atoms with E-state index in [-0.39, 0.29) is 5.41 Å². The number of pyridine rings is 3. The van der Waals surface area contributed by atoms with Crippen LogP contribution in [0.5, 0.6) is 11.5 Å². The van der Waals surface area contributed by atoms with E-state index < -0.39 is 0 Å². The van der Waals surface area contributed by atoms with E-state index >= 15 is 0 Å². The SMILES string of the molecule is CC(C)(C)c1ccnc2c1ncc1ccc3ccc(Oc4ccc5c6ccccc6n(-c6ccccn6)c5c4)cc3c12. The third-order valence-electron chi connectivity index (χ3n) is 8.09. The number of hydrogen-bond acceptors (Lipinski definition) is 4. The molecule has 0 amide bonds. The van der Waals surface area contributed by atoms with E-state index in [0.717, 1.165) is 66.3 Å². The topological polar surface area (TPSA) is 52.8 Å². The summed E-state index contributed by atoms with van der Waals surface area (Å²) in [6.45, 7) is 6.65. The molecule has 0 saturated carbocycles. The van der Waals surface area contributed by atoms with Crippen molar-refractivity contribution in [3.8, 4) is 17.3 Å². The highest BCUT2D eigenvalue weighted by Gasteiger charge is 2.20. The number of hydrogen-bond donors (Lipinski definition) is 0. The van der Waals surface area contributed by atoms with Crippen LogP contribution in [0.2, 0.25) is 0 Å². The molecule has 4 aromatic carbocycles.